The maximum Gasteiger partial charge on any atom is 0.275 e. The highest BCUT2D eigenvalue weighted by Crippen LogP contribution is 2.09. The lowest BCUT2D eigenvalue weighted by atomic mass is 9.13. The normalized spacial score (nSPS) is 11.6. The number of amidine groups is 1. The molecule has 202 valence electrons. The van der Waals surface area contributed by atoms with Crippen LogP contribution in [0.2, 0.25) is 0 Å². The van der Waals surface area contributed by atoms with Crippen LogP contribution < -0.4 is 32.2 Å². The van der Waals surface area contributed by atoms with Crippen molar-refractivity contribution >= 4 is 33.8 Å². The quantitative estimate of drug-likeness (QED) is 0.188. The Morgan fingerprint density at radius 1 is 0.475 bits per heavy atom. The average Bonchev–Trinajstić information content (AvgIpc) is 3.00. The molecule has 0 saturated carbocycles. The van der Waals surface area contributed by atoms with Crippen LogP contribution in [0.4, 0.5) is 0 Å². The van der Waals surface area contributed by atoms with Gasteiger partial charge in [-0.2, -0.15) is 21.9 Å². The lowest BCUT2D eigenvalue weighted by Gasteiger charge is -2.44. The zero-order chi connectivity index (χ0) is 28.2. The molecule has 5 rings (SSSR count). The molecule has 0 atom stereocenters. The summed E-state index contributed by atoms with van der Waals surface area (Å²) in [5, 5.41) is 3.43. The molecule has 3 heteroatoms. The van der Waals surface area contributed by atoms with Crippen LogP contribution in [0.25, 0.3) is 0 Å². The Hall–Kier alpha value is -4.37. The summed E-state index contributed by atoms with van der Waals surface area (Å²) in [4.78, 5) is 3.43. The molecule has 0 aliphatic heterocycles. The van der Waals surface area contributed by atoms with Gasteiger partial charge in [0.2, 0.25) is 0 Å². The molecule has 0 heterocycles. The van der Waals surface area contributed by atoms with E-state index in [1.165, 1.54) is 27.4 Å². The maximum absolute atomic E-state index is 3.43. The highest BCUT2D eigenvalue weighted by atomic mass is 15.0. The van der Waals surface area contributed by atoms with Crippen LogP contribution in [0.3, 0.4) is 0 Å². The fourth-order valence-electron chi connectivity index (χ4n) is 5.51. The Balaban J connectivity index is 0.000000212. The zero-order valence-corrected chi connectivity index (χ0v) is 24.2. The van der Waals surface area contributed by atoms with E-state index in [0.29, 0.717) is 12.1 Å². The van der Waals surface area contributed by atoms with Gasteiger partial charge in [-0.3, -0.25) is 10.3 Å². The van der Waals surface area contributed by atoms with Crippen LogP contribution in [0.1, 0.15) is 33.3 Å². The molecule has 0 aliphatic carbocycles. The first-order chi connectivity index (χ1) is 19.5. The van der Waals surface area contributed by atoms with E-state index in [1.54, 1.807) is 0 Å². The van der Waals surface area contributed by atoms with Crippen LogP contribution in [0.5, 0.6) is 0 Å². The van der Waals surface area contributed by atoms with Crippen molar-refractivity contribution in [1.82, 2.24) is 5.32 Å². The molecule has 0 fully saturated rings. The Morgan fingerprint density at radius 2 is 0.775 bits per heavy atom. The van der Waals surface area contributed by atoms with Crippen LogP contribution in [-0.2, 0) is 0 Å². The first-order valence-corrected chi connectivity index (χ1v) is 14.3. The molecule has 2 nitrogen and oxygen atoms in total. The fourth-order valence-corrected chi connectivity index (χ4v) is 5.51. The molecule has 0 radical (unpaired) electrons. The fraction of sp³-hybridized carbons (Fsp3) is 0.162. The van der Waals surface area contributed by atoms with Gasteiger partial charge in [0.25, 0.3) is 5.84 Å². The van der Waals surface area contributed by atoms with Gasteiger partial charge in [0, 0.05) is 0 Å². The van der Waals surface area contributed by atoms with Crippen molar-refractivity contribution in [2.45, 2.75) is 39.8 Å². The van der Waals surface area contributed by atoms with Gasteiger partial charge in [-0.25, -0.2) is 0 Å². The van der Waals surface area contributed by atoms with E-state index in [4.69, 9.17) is 0 Å². The molecule has 0 saturated heterocycles. The maximum atomic E-state index is 3.43. The van der Waals surface area contributed by atoms with E-state index in [1.807, 2.05) is 6.07 Å². The number of hydrogen-bond donors (Lipinski definition) is 2. The minimum absolute atomic E-state index is 0.437. The van der Waals surface area contributed by atoms with Crippen LogP contribution >= 0.6 is 0 Å². The SMILES string of the molecule is CC(C)NC(=[NH+]C(C)C)c1ccccc1.c1ccc([B-](c2ccccc2)(c2ccccc2)c2ccccc2)cc1. The van der Waals surface area contributed by atoms with Crippen molar-refractivity contribution in [2.24, 2.45) is 0 Å². The van der Waals surface area contributed by atoms with Crippen molar-refractivity contribution in [3.8, 4) is 0 Å². The predicted octanol–water partition coefficient (Wildman–Crippen LogP) is 3.98. The molecule has 0 amide bonds. The summed E-state index contributed by atoms with van der Waals surface area (Å²) in [6.45, 7) is 8.58. The van der Waals surface area contributed by atoms with Crippen molar-refractivity contribution in [3.63, 3.8) is 0 Å². The van der Waals surface area contributed by atoms with Crippen molar-refractivity contribution in [2.75, 3.05) is 0 Å². The summed E-state index contributed by atoms with van der Waals surface area (Å²) >= 11 is 0. The number of benzene rings is 5. The van der Waals surface area contributed by atoms with Crippen LogP contribution in [0, 0.1) is 0 Å². The smallest absolute Gasteiger partial charge is 0.272 e. The average molecular weight is 525 g/mol. The van der Waals surface area contributed by atoms with Gasteiger partial charge in [-0.1, -0.05) is 140 Å². The standard InChI is InChI=1S/C24H20B.C13H20N2/c1-5-13-21(14-6-1)25(22-15-7-2-8-16-22,23-17-9-3-10-18-23)24-19-11-4-12-20-24;1-10(2)14-13(15-11(3)4)12-8-6-5-7-9-12/h1-20H;5-11H,1-4H3,(H,14,15)/q-1;/p+1. The molecule has 0 spiro atoms. The molecule has 0 bridgehead atoms. The van der Waals surface area contributed by atoms with Crippen molar-refractivity contribution in [3.05, 3.63) is 157 Å². The summed E-state index contributed by atoms with van der Waals surface area (Å²) in [6.07, 6.45) is -1.22. The minimum Gasteiger partial charge on any atom is -0.272 e. The molecule has 5 aromatic carbocycles. The molecule has 0 unspecified atom stereocenters. The third-order valence-electron chi connectivity index (χ3n) is 7.13. The number of hydrogen-bond acceptors (Lipinski definition) is 0. The third-order valence-corrected chi connectivity index (χ3v) is 7.13. The molecular formula is C37H41BN2. The molecule has 5 aromatic rings. The van der Waals surface area contributed by atoms with Gasteiger partial charge in [0.05, 0.1) is 17.6 Å². The van der Waals surface area contributed by atoms with Gasteiger partial charge in [0.15, 0.2) is 0 Å². The molecule has 40 heavy (non-hydrogen) atoms. The van der Waals surface area contributed by atoms with E-state index in [-0.39, 0.29) is 0 Å². The van der Waals surface area contributed by atoms with Crippen molar-refractivity contribution in [1.29, 1.82) is 0 Å². The summed E-state index contributed by atoms with van der Waals surface area (Å²) in [6, 6.07) is 54.8. The monoisotopic (exact) mass is 524 g/mol. The van der Waals surface area contributed by atoms with Crippen LogP contribution in [-0.4, -0.2) is 24.1 Å². The largest absolute Gasteiger partial charge is 0.275 e. The lowest BCUT2D eigenvalue weighted by Crippen LogP contribution is -2.81. The Bertz CT molecular complexity index is 1270. The minimum atomic E-state index is -1.22. The Kier molecular flexibility index (Phi) is 10.1. The van der Waals surface area contributed by atoms with E-state index in [2.05, 4.69) is 184 Å². The van der Waals surface area contributed by atoms with Crippen molar-refractivity contribution < 1.29 is 4.99 Å². The summed E-state index contributed by atoms with van der Waals surface area (Å²) < 4.78 is 0. The Morgan fingerprint density at radius 3 is 1.05 bits per heavy atom. The molecule has 0 aromatic heterocycles. The van der Waals surface area contributed by atoms with E-state index >= 15 is 0 Å². The summed E-state index contributed by atoms with van der Waals surface area (Å²) in [5.41, 5.74) is 6.56. The van der Waals surface area contributed by atoms with Gasteiger partial charge < -0.3 is 0 Å². The summed E-state index contributed by atoms with van der Waals surface area (Å²) in [5.74, 6) is 1.11. The van der Waals surface area contributed by atoms with E-state index < -0.39 is 6.15 Å². The van der Waals surface area contributed by atoms with E-state index in [0.717, 1.165) is 5.84 Å². The predicted molar refractivity (Wildman–Crippen MR) is 175 cm³/mol. The van der Waals surface area contributed by atoms with Gasteiger partial charge in [-0.05, 0) is 39.8 Å². The molecule has 0 aliphatic rings. The highest BCUT2D eigenvalue weighted by Gasteiger charge is 2.31. The second kappa shape index (κ2) is 14.1. The van der Waals surface area contributed by atoms with Gasteiger partial charge >= 0.3 is 0 Å². The number of rotatable bonds is 7. The highest BCUT2D eigenvalue weighted by molar-refractivity contribution is 7.19. The third kappa shape index (κ3) is 6.98. The molecular weight excluding hydrogens is 483 g/mol. The van der Waals surface area contributed by atoms with Gasteiger partial charge in [0.1, 0.15) is 6.15 Å². The first-order valence-electron chi connectivity index (χ1n) is 14.3. The van der Waals surface area contributed by atoms with E-state index in [9.17, 15) is 0 Å². The molecule has 2 N–H and O–H groups in total. The second-order valence-corrected chi connectivity index (χ2v) is 10.8. The first kappa shape index (κ1) is 28.6. The topological polar surface area (TPSA) is 26.0 Å². The second-order valence-electron chi connectivity index (χ2n) is 10.8. The van der Waals surface area contributed by atoms with Gasteiger partial charge in [-0.15, -0.1) is 0 Å². The van der Waals surface area contributed by atoms with Crippen LogP contribution in [0.15, 0.2) is 152 Å². The summed E-state index contributed by atoms with van der Waals surface area (Å²) in [7, 11) is 0. The number of nitrogens with one attached hydrogen (secondary N) is 2. The zero-order valence-electron chi connectivity index (χ0n) is 24.2. The lowest BCUT2D eigenvalue weighted by molar-refractivity contribution is -0.495. The Labute approximate surface area is 240 Å².